The molecule has 140 valence electrons. The van der Waals surface area contributed by atoms with E-state index in [1.807, 2.05) is 25.1 Å². The molecule has 0 spiro atoms. The number of nitro benzene ring substituents is 1. The monoisotopic (exact) mass is 392 g/mol. The summed E-state index contributed by atoms with van der Waals surface area (Å²) in [6, 6.07) is 8.09. The first-order valence-corrected chi connectivity index (χ1v) is 8.55. The molecule has 0 aliphatic carbocycles. The molecule has 2 aromatic carbocycles. The van der Waals surface area contributed by atoms with Crippen LogP contribution in [0.25, 0.3) is 22.4 Å². The maximum Gasteiger partial charge on any atom is 0.387 e. The fraction of sp³-hybridized carbons (Fsp3) is 0.167. The van der Waals surface area contributed by atoms with Gasteiger partial charge >= 0.3 is 6.61 Å². The van der Waals surface area contributed by atoms with Crippen molar-refractivity contribution in [1.29, 1.82) is 0 Å². The van der Waals surface area contributed by atoms with Crippen molar-refractivity contribution in [3.63, 3.8) is 0 Å². The summed E-state index contributed by atoms with van der Waals surface area (Å²) in [6.45, 7) is -1.15. The maximum atomic E-state index is 12.5. The Bertz CT molecular complexity index is 1030. The second-order valence-electron chi connectivity index (χ2n) is 5.55. The molecule has 3 aromatic rings. The van der Waals surface area contributed by atoms with Crippen LogP contribution < -0.4 is 9.47 Å². The number of rotatable bonds is 6. The van der Waals surface area contributed by atoms with Gasteiger partial charge in [0.1, 0.15) is 5.01 Å². The third-order valence-electron chi connectivity index (χ3n) is 3.69. The average molecular weight is 392 g/mol. The zero-order chi connectivity index (χ0) is 19.6. The average Bonchev–Trinajstić information content (AvgIpc) is 3.01. The van der Waals surface area contributed by atoms with E-state index in [1.165, 1.54) is 30.6 Å². The van der Waals surface area contributed by atoms with E-state index in [4.69, 9.17) is 4.74 Å². The van der Waals surface area contributed by atoms with Gasteiger partial charge in [-0.15, -0.1) is 11.3 Å². The molecule has 0 saturated heterocycles. The lowest BCUT2D eigenvalue weighted by Crippen LogP contribution is -2.05. The number of aryl methyl sites for hydroxylation is 1. The highest BCUT2D eigenvalue weighted by molar-refractivity contribution is 7.19. The van der Waals surface area contributed by atoms with Crippen LogP contribution in [0.15, 0.2) is 30.3 Å². The summed E-state index contributed by atoms with van der Waals surface area (Å²) in [5.74, 6) is -0.424. The van der Waals surface area contributed by atoms with Crippen LogP contribution in [0.3, 0.4) is 0 Å². The number of methoxy groups -OCH3 is 1. The molecule has 0 fully saturated rings. The molecule has 0 aliphatic heterocycles. The van der Waals surface area contributed by atoms with Crippen molar-refractivity contribution in [3.05, 3.63) is 56.6 Å². The Balaban J connectivity index is 2.00. The summed E-state index contributed by atoms with van der Waals surface area (Å²) >= 11 is 1.44. The predicted octanol–water partition coefficient (Wildman–Crippen LogP) is 5.29. The Morgan fingerprint density at radius 2 is 2.00 bits per heavy atom. The predicted molar refractivity (Wildman–Crippen MR) is 99.6 cm³/mol. The number of benzene rings is 2. The van der Waals surface area contributed by atoms with Crippen LogP contribution >= 0.6 is 11.3 Å². The minimum atomic E-state index is -3.12. The number of alkyl halides is 2. The van der Waals surface area contributed by atoms with Gasteiger partial charge in [0, 0.05) is 0 Å². The van der Waals surface area contributed by atoms with Gasteiger partial charge in [0.2, 0.25) is 0 Å². The molecular formula is C18H14F2N2O4S. The lowest BCUT2D eigenvalue weighted by atomic mass is 10.1. The molecule has 0 N–H and O–H groups in total. The van der Waals surface area contributed by atoms with Crippen molar-refractivity contribution in [2.75, 3.05) is 7.11 Å². The van der Waals surface area contributed by atoms with Gasteiger partial charge in [-0.3, -0.25) is 10.1 Å². The van der Waals surface area contributed by atoms with E-state index in [1.54, 1.807) is 6.08 Å². The first-order chi connectivity index (χ1) is 12.9. The summed E-state index contributed by atoms with van der Waals surface area (Å²) in [4.78, 5) is 15.1. The Morgan fingerprint density at radius 3 is 2.67 bits per heavy atom. The Labute approximate surface area is 156 Å². The highest BCUT2D eigenvalue weighted by Crippen LogP contribution is 2.36. The molecule has 3 rings (SSSR count). The van der Waals surface area contributed by atoms with Gasteiger partial charge in [-0.05, 0) is 42.8 Å². The number of nitro groups is 1. The van der Waals surface area contributed by atoms with Crippen molar-refractivity contribution >= 4 is 39.4 Å². The molecule has 0 unspecified atom stereocenters. The van der Waals surface area contributed by atoms with E-state index in [2.05, 4.69) is 9.72 Å². The second-order valence-corrected chi connectivity index (χ2v) is 6.62. The van der Waals surface area contributed by atoms with Crippen LogP contribution in [0.4, 0.5) is 14.5 Å². The molecule has 1 aromatic heterocycles. The largest absolute Gasteiger partial charge is 0.493 e. The number of fused-ring (bicyclic) bond motifs is 1. The van der Waals surface area contributed by atoms with Crippen LogP contribution in [-0.2, 0) is 0 Å². The molecular weight excluding hydrogens is 378 g/mol. The SMILES string of the molecule is COc1cc(/C=C/c2nc3cc(C)ccc3s2)c([N+](=O)[O-])cc1OC(F)F. The molecule has 0 aliphatic rings. The van der Waals surface area contributed by atoms with Crippen molar-refractivity contribution in [2.24, 2.45) is 0 Å². The summed E-state index contributed by atoms with van der Waals surface area (Å²) in [7, 11) is 1.27. The maximum absolute atomic E-state index is 12.5. The van der Waals surface area contributed by atoms with Crippen LogP contribution in [0.2, 0.25) is 0 Å². The molecule has 6 nitrogen and oxygen atoms in total. The van der Waals surface area contributed by atoms with Gasteiger partial charge in [0.05, 0.1) is 33.9 Å². The lowest BCUT2D eigenvalue weighted by Gasteiger charge is -2.10. The highest BCUT2D eigenvalue weighted by Gasteiger charge is 2.20. The first-order valence-electron chi connectivity index (χ1n) is 7.74. The minimum absolute atomic E-state index is 0.0273. The molecule has 0 radical (unpaired) electrons. The van der Waals surface area contributed by atoms with E-state index in [9.17, 15) is 18.9 Å². The fourth-order valence-electron chi connectivity index (χ4n) is 2.49. The van der Waals surface area contributed by atoms with Crippen molar-refractivity contribution in [3.8, 4) is 11.5 Å². The van der Waals surface area contributed by atoms with Gasteiger partial charge in [0.25, 0.3) is 5.69 Å². The zero-order valence-electron chi connectivity index (χ0n) is 14.3. The third-order valence-corrected chi connectivity index (χ3v) is 4.69. The number of halogens is 2. The number of nitrogens with zero attached hydrogens (tertiary/aromatic N) is 2. The van der Waals surface area contributed by atoms with Gasteiger partial charge in [-0.2, -0.15) is 8.78 Å². The normalized spacial score (nSPS) is 11.4. The smallest absolute Gasteiger partial charge is 0.387 e. The quantitative estimate of drug-likeness (QED) is 0.421. The van der Waals surface area contributed by atoms with E-state index >= 15 is 0 Å². The van der Waals surface area contributed by atoms with Crippen molar-refractivity contribution in [2.45, 2.75) is 13.5 Å². The van der Waals surface area contributed by atoms with Gasteiger partial charge in [-0.1, -0.05) is 6.07 Å². The molecule has 0 saturated carbocycles. The number of thiazole rings is 1. The summed E-state index contributed by atoms with van der Waals surface area (Å²) < 4.78 is 35.3. The second kappa shape index (κ2) is 7.67. The van der Waals surface area contributed by atoms with Gasteiger partial charge in [-0.25, -0.2) is 4.98 Å². The number of ether oxygens (including phenoxy) is 2. The lowest BCUT2D eigenvalue weighted by molar-refractivity contribution is -0.385. The molecule has 0 amide bonds. The first kappa shape index (κ1) is 18.7. The van der Waals surface area contributed by atoms with E-state index in [0.29, 0.717) is 5.01 Å². The van der Waals surface area contributed by atoms with Gasteiger partial charge in [0.15, 0.2) is 11.5 Å². The Morgan fingerprint density at radius 1 is 1.22 bits per heavy atom. The van der Waals surface area contributed by atoms with Gasteiger partial charge < -0.3 is 9.47 Å². The summed E-state index contributed by atoms with van der Waals surface area (Å²) in [5, 5.41) is 12.0. The molecule has 0 bridgehead atoms. The molecule has 1 heterocycles. The standard InChI is InChI=1S/C18H14F2N2O4S/c1-10-3-5-16-12(7-10)21-17(27-16)6-4-11-8-14(25-2)15(26-18(19)20)9-13(11)22(23)24/h3-9,18H,1-2H3/b6-4+. The number of hydrogen-bond acceptors (Lipinski definition) is 6. The van der Waals surface area contributed by atoms with Crippen LogP contribution in [0, 0.1) is 17.0 Å². The molecule has 27 heavy (non-hydrogen) atoms. The van der Waals surface area contributed by atoms with E-state index < -0.39 is 17.3 Å². The number of hydrogen-bond donors (Lipinski definition) is 0. The number of aromatic nitrogens is 1. The minimum Gasteiger partial charge on any atom is -0.493 e. The van der Waals surface area contributed by atoms with E-state index in [-0.39, 0.29) is 17.0 Å². The van der Waals surface area contributed by atoms with Crippen LogP contribution in [-0.4, -0.2) is 23.6 Å². The molecule has 9 heteroatoms. The molecule has 0 atom stereocenters. The van der Waals surface area contributed by atoms with Crippen LogP contribution in [0.5, 0.6) is 11.5 Å². The van der Waals surface area contributed by atoms with E-state index in [0.717, 1.165) is 21.8 Å². The Hall–Kier alpha value is -3.07. The summed E-state index contributed by atoms with van der Waals surface area (Å²) in [6.07, 6.45) is 3.13. The highest BCUT2D eigenvalue weighted by atomic mass is 32.1. The van der Waals surface area contributed by atoms with Crippen molar-refractivity contribution in [1.82, 2.24) is 4.98 Å². The van der Waals surface area contributed by atoms with Crippen LogP contribution in [0.1, 0.15) is 16.1 Å². The zero-order valence-corrected chi connectivity index (χ0v) is 15.1. The fourth-order valence-corrected chi connectivity index (χ4v) is 3.34. The summed E-state index contributed by atoms with van der Waals surface area (Å²) in [5.41, 5.74) is 1.74. The third kappa shape index (κ3) is 4.20. The van der Waals surface area contributed by atoms with Crippen molar-refractivity contribution < 1.29 is 23.2 Å². The topological polar surface area (TPSA) is 74.5 Å². The Kier molecular flexibility index (Phi) is 5.31.